The number of benzene rings is 2. The van der Waals surface area contributed by atoms with Crippen molar-refractivity contribution in [3.63, 3.8) is 0 Å². The van der Waals surface area contributed by atoms with Gasteiger partial charge in [-0.3, -0.25) is 9.48 Å². The number of ether oxygens (including phenoxy) is 1. The topological polar surface area (TPSA) is 114 Å². The van der Waals surface area contributed by atoms with Crippen LogP contribution in [0.15, 0.2) is 85.7 Å². The minimum Gasteiger partial charge on any atom is -0.441 e. The zero-order valence-electron chi connectivity index (χ0n) is 20.1. The molecule has 2 aromatic carbocycles. The van der Waals surface area contributed by atoms with Gasteiger partial charge in [0.2, 0.25) is 11.9 Å². The number of hydrogen-bond acceptors (Lipinski definition) is 7. The molecule has 2 N–H and O–H groups in total. The smallest absolute Gasteiger partial charge is 0.420 e. The van der Waals surface area contributed by atoms with Crippen molar-refractivity contribution in [1.82, 2.24) is 19.7 Å². The number of aryl methyl sites for hydroxylation is 1. The number of hydrogen-bond donors (Lipinski definition) is 2. The van der Waals surface area contributed by atoms with Gasteiger partial charge in [-0.15, -0.1) is 0 Å². The van der Waals surface area contributed by atoms with E-state index in [4.69, 9.17) is 4.74 Å². The largest absolute Gasteiger partial charge is 0.441 e. The number of amides is 2. The maximum atomic E-state index is 13.5. The molecule has 2 aromatic heterocycles. The molecule has 4 rings (SSSR count). The third-order valence-corrected chi connectivity index (χ3v) is 5.18. The van der Waals surface area contributed by atoms with Gasteiger partial charge in [-0.2, -0.15) is 10.1 Å². The molecule has 37 heavy (non-hydrogen) atoms. The Bertz CT molecular complexity index is 1420. The molecule has 0 bridgehead atoms. The molecule has 0 fully saturated rings. The minimum atomic E-state index is -0.744. The molecular weight excluding hydrogens is 477 g/mol. The minimum absolute atomic E-state index is 0.205. The summed E-state index contributed by atoms with van der Waals surface area (Å²) in [4.78, 5) is 35.2. The molecule has 0 spiro atoms. The van der Waals surface area contributed by atoms with Crippen LogP contribution >= 0.6 is 0 Å². The zero-order valence-corrected chi connectivity index (χ0v) is 20.1. The van der Waals surface area contributed by atoms with Crippen molar-refractivity contribution in [2.45, 2.75) is 13.0 Å². The first-order valence-corrected chi connectivity index (χ1v) is 11.2. The second-order valence-corrected chi connectivity index (χ2v) is 7.89. The molecule has 2 amide bonds. The standard InChI is InChI=1S/C26H24FN7O3/c1-4-24(35)29-20-6-5-7-21(16-20)34(26(36)37-17(2)18-8-10-19(27)11-9-18)23-12-14-28-25(31-23)30-22-13-15-33(3)32-22/h4-17H,1H2,2-3H3,(H,29,35)(H,28,30,31,32)/t17-/m1/s1. The average Bonchev–Trinajstić information content (AvgIpc) is 3.29. The van der Waals surface area contributed by atoms with Crippen LogP contribution in [0.25, 0.3) is 0 Å². The normalized spacial score (nSPS) is 11.3. The van der Waals surface area contributed by atoms with Crippen LogP contribution in [0.2, 0.25) is 0 Å². The highest BCUT2D eigenvalue weighted by molar-refractivity contribution is 6.00. The van der Waals surface area contributed by atoms with Gasteiger partial charge in [-0.1, -0.05) is 24.8 Å². The number of halogens is 1. The van der Waals surface area contributed by atoms with Crippen LogP contribution in [-0.2, 0) is 16.6 Å². The molecule has 0 aliphatic carbocycles. The molecule has 4 aromatic rings. The summed E-state index contributed by atoms with van der Waals surface area (Å²) in [6.45, 7) is 5.13. The molecule has 188 valence electrons. The molecule has 0 aliphatic rings. The van der Waals surface area contributed by atoms with E-state index in [1.54, 1.807) is 73.4 Å². The van der Waals surface area contributed by atoms with Crippen LogP contribution in [0, 0.1) is 5.82 Å². The lowest BCUT2D eigenvalue weighted by Crippen LogP contribution is -2.29. The number of carbonyl (C=O) groups is 2. The van der Waals surface area contributed by atoms with Gasteiger partial charge in [0.15, 0.2) is 5.82 Å². The Morgan fingerprint density at radius 2 is 1.95 bits per heavy atom. The van der Waals surface area contributed by atoms with Crippen molar-refractivity contribution in [1.29, 1.82) is 0 Å². The predicted molar refractivity (Wildman–Crippen MR) is 137 cm³/mol. The van der Waals surface area contributed by atoms with Gasteiger partial charge in [0.25, 0.3) is 0 Å². The molecule has 11 heteroatoms. The molecule has 1 atom stereocenters. The Kier molecular flexibility index (Phi) is 7.53. The average molecular weight is 502 g/mol. The van der Waals surface area contributed by atoms with Gasteiger partial charge in [0.1, 0.15) is 17.7 Å². The Morgan fingerprint density at radius 1 is 1.16 bits per heavy atom. The summed E-state index contributed by atoms with van der Waals surface area (Å²) in [6, 6.07) is 15.6. The van der Waals surface area contributed by atoms with Gasteiger partial charge >= 0.3 is 6.09 Å². The van der Waals surface area contributed by atoms with E-state index in [0.29, 0.717) is 22.8 Å². The van der Waals surface area contributed by atoms with Crippen molar-refractivity contribution < 1.29 is 18.7 Å². The molecule has 0 radical (unpaired) electrons. The Balaban J connectivity index is 1.68. The van der Waals surface area contributed by atoms with E-state index in [-0.39, 0.29) is 11.8 Å². The summed E-state index contributed by atoms with van der Waals surface area (Å²) in [5, 5.41) is 9.90. The van der Waals surface area contributed by atoms with E-state index in [1.165, 1.54) is 23.2 Å². The van der Waals surface area contributed by atoms with Crippen molar-refractivity contribution in [3.05, 3.63) is 97.1 Å². The summed E-state index contributed by atoms with van der Waals surface area (Å²) in [6.07, 6.45) is 2.96. The SMILES string of the molecule is C=CC(=O)Nc1cccc(N(C(=O)O[C@H](C)c2ccc(F)cc2)c2ccnc(Nc3ccn(C)n3)n2)c1. The van der Waals surface area contributed by atoms with Gasteiger partial charge in [0.05, 0.1) is 5.69 Å². The first-order chi connectivity index (χ1) is 17.8. The van der Waals surface area contributed by atoms with Crippen LogP contribution in [0.3, 0.4) is 0 Å². The molecule has 10 nitrogen and oxygen atoms in total. The van der Waals surface area contributed by atoms with Crippen LogP contribution in [-0.4, -0.2) is 31.7 Å². The summed E-state index contributed by atoms with van der Waals surface area (Å²) in [5.41, 5.74) is 1.43. The van der Waals surface area contributed by atoms with Crippen LogP contribution in [0.5, 0.6) is 0 Å². The van der Waals surface area contributed by atoms with Crippen molar-refractivity contribution in [2.24, 2.45) is 7.05 Å². The Hall–Kier alpha value is -5.06. The highest BCUT2D eigenvalue weighted by atomic mass is 19.1. The van der Waals surface area contributed by atoms with E-state index in [2.05, 4.69) is 32.3 Å². The van der Waals surface area contributed by atoms with E-state index in [1.807, 2.05) is 0 Å². The van der Waals surface area contributed by atoms with Crippen molar-refractivity contribution in [2.75, 3.05) is 15.5 Å². The fraction of sp³-hybridized carbons (Fsp3) is 0.115. The van der Waals surface area contributed by atoms with Gasteiger partial charge < -0.3 is 15.4 Å². The second-order valence-electron chi connectivity index (χ2n) is 7.89. The van der Waals surface area contributed by atoms with Gasteiger partial charge in [-0.05, 0) is 48.9 Å². The number of anilines is 5. The predicted octanol–water partition coefficient (Wildman–Crippen LogP) is 5.25. The highest BCUT2D eigenvalue weighted by Gasteiger charge is 2.25. The number of nitrogens with zero attached hydrogens (tertiary/aromatic N) is 5. The lowest BCUT2D eigenvalue weighted by atomic mass is 10.1. The van der Waals surface area contributed by atoms with Gasteiger partial charge in [0, 0.05) is 37.3 Å². The highest BCUT2D eigenvalue weighted by Crippen LogP contribution is 2.30. The fourth-order valence-corrected chi connectivity index (χ4v) is 3.38. The third-order valence-electron chi connectivity index (χ3n) is 5.18. The van der Waals surface area contributed by atoms with E-state index in [0.717, 1.165) is 6.08 Å². The number of aromatic nitrogens is 4. The summed E-state index contributed by atoms with van der Waals surface area (Å²) in [5.74, 6) is 0.137. The molecule has 0 unspecified atom stereocenters. The number of nitrogens with one attached hydrogen (secondary N) is 2. The monoisotopic (exact) mass is 501 g/mol. The van der Waals surface area contributed by atoms with Crippen LogP contribution in [0.1, 0.15) is 18.6 Å². The van der Waals surface area contributed by atoms with E-state index >= 15 is 0 Å². The number of rotatable bonds is 8. The molecule has 0 saturated carbocycles. The first-order valence-electron chi connectivity index (χ1n) is 11.2. The first kappa shape index (κ1) is 25.0. The quantitative estimate of drug-likeness (QED) is 0.317. The third kappa shape index (κ3) is 6.34. The Morgan fingerprint density at radius 3 is 2.65 bits per heavy atom. The molecule has 2 heterocycles. The molecule has 0 aliphatic heterocycles. The fourth-order valence-electron chi connectivity index (χ4n) is 3.38. The van der Waals surface area contributed by atoms with Crippen molar-refractivity contribution >= 4 is 41.0 Å². The molecule has 0 saturated heterocycles. The van der Waals surface area contributed by atoms with E-state index in [9.17, 15) is 14.0 Å². The summed E-state index contributed by atoms with van der Waals surface area (Å²) in [7, 11) is 1.78. The maximum Gasteiger partial charge on any atom is 0.420 e. The Labute approximate surface area is 212 Å². The lowest BCUT2D eigenvalue weighted by Gasteiger charge is -2.24. The van der Waals surface area contributed by atoms with E-state index < -0.39 is 23.9 Å². The second kappa shape index (κ2) is 11.1. The maximum absolute atomic E-state index is 13.5. The van der Waals surface area contributed by atoms with Crippen molar-refractivity contribution in [3.8, 4) is 0 Å². The summed E-state index contributed by atoms with van der Waals surface area (Å²) < 4.78 is 20.7. The molecular formula is C26H24FN7O3. The van der Waals surface area contributed by atoms with Gasteiger partial charge in [-0.25, -0.2) is 19.1 Å². The number of carbonyl (C=O) groups excluding carboxylic acids is 2. The van der Waals surface area contributed by atoms with Crippen LogP contribution in [0.4, 0.5) is 38.1 Å². The van der Waals surface area contributed by atoms with Crippen LogP contribution < -0.4 is 15.5 Å². The lowest BCUT2D eigenvalue weighted by molar-refractivity contribution is -0.111. The summed E-state index contributed by atoms with van der Waals surface area (Å²) >= 11 is 0. The zero-order chi connectivity index (χ0) is 26.4.